The highest BCUT2D eigenvalue weighted by Crippen LogP contribution is 2.20. The fourth-order valence-electron chi connectivity index (χ4n) is 2.72. The average Bonchev–Trinajstić information content (AvgIpc) is 2.56. The molecule has 23 heavy (non-hydrogen) atoms. The number of aryl methyl sites for hydroxylation is 1. The van der Waals surface area contributed by atoms with Gasteiger partial charge in [-0.15, -0.1) is 0 Å². The second-order valence-corrected chi connectivity index (χ2v) is 5.99. The highest BCUT2D eigenvalue weighted by molar-refractivity contribution is 6.04. The third-order valence-corrected chi connectivity index (χ3v) is 4.05. The van der Waals surface area contributed by atoms with Crippen LogP contribution in [0.1, 0.15) is 22.8 Å². The van der Waals surface area contributed by atoms with Gasteiger partial charge in [-0.1, -0.05) is 17.7 Å². The van der Waals surface area contributed by atoms with E-state index in [-0.39, 0.29) is 12.0 Å². The lowest BCUT2D eigenvalue weighted by atomic mass is 10.1. The summed E-state index contributed by atoms with van der Waals surface area (Å²) in [6.07, 6.45) is 0.254. The van der Waals surface area contributed by atoms with E-state index in [9.17, 15) is 4.79 Å². The Labute approximate surface area is 137 Å². The maximum absolute atomic E-state index is 12.2. The quantitative estimate of drug-likeness (QED) is 0.944. The zero-order chi connectivity index (χ0) is 16.2. The normalized spacial score (nSPS) is 17.8. The van der Waals surface area contributed by atoms with Crippen molar-refractivity contribution in [1.82, 2.24) is 0 Å². The number of nitrogens with zero attached hydrogens (tertiary/aromatic N) is 1. The summed E-state index contributed by atoms with van der Waals surface area (Å²) < 4.78 is 5.56. The molecule has 0 radical (unpaired) electrons. The molecule has 0 bridgehead atoms. The van der Waals surface area contributed by atoms with Gasteiger partial charge in [0.1, 0.15) is 0 Å². The number of nitrogens with one attached hydrogen (secondary N) is 1. The molecule has 1 fully saturated rings. The maximum Gasteiger partial charge on any atom is 0.255 e. The minimum Gasteiger partial charge on any atom is -0.375 e. The van der Waals surface area contributed by atoms with Gasteiger partial charge in [-0.25, -0.2) is 0 Å². The van der Waals surface area contributed by atoms with Crippen LogP contribution >= 0.6 is 0 Å². The number of ether oxygens (including phenoxy) is 1. The molecule has 2 aromatic carbocycles. The second-order valence-electron chi connectivity index (χ2n) is 5.99. The Balaban J connectivity index is 1.65. The van der Waals surface area contributed by atoms with E-state index in [0.717, 1.165) is 36.6 Å². The van der Waals surface area contributed by atoms with Gasteiger partial charge in [-0.2, -0.15) is 0 Å². The number of hydrogen-bond donors (Lipinski definition) is 1. The first kappa shape index (κ1) is 15.6. The van der Waals surface area contributed by atoms with Gasteiger partial charge in [-0.3, -0.25) is 4.79 Å². The van der Waals surface area contributed by atoms with E-state index in [2.05, 4.69) is 17.1 Å². The van der Waals surface area contributed by atoms with Gasteiger partial charge in [0.05, 0.1) is 12.7 Å². The van der Waals surface area contributed by atoms with Crippen LogP contribution in [0.4, 0.5) is 11.4 Å². The van der Waals surface area contributed by atoms with E-state index in [4.69, 9.17) is 4.74 Å². The second kappa shape index (κ2) is 6.84. The molecule has 1 aliphatic rings. The third-order valence-electron chi connectivity index (χ3n) is 4.05. The van der Waals surface area contributed by atoms with Gasteiger partial charge in [0.25, 0.3) is 5.91 Å². The lowest BCUT2D eigenvalue weighted by Gasteiger charge is -2.33. The highest BCUT2D eigenvalue weighted by atomic mass is 16.5. The molecule has 0 aromatic heterocycles. The van der Waals surface area contributed by atoms with E-state index >= 15 is 0 Å². The summed E-state index contributed by atoms with van der Waals surface area (Å²) in [5.41, 5.74) is 3.78. The van der Waals surface area contributed by atoms with Crippen LogP contribution < -0.4 is 10.2 Å². The Morgan fingerprint density at radius 3 is 2.48 bits per heavy atom. The molecule has 2 aromatic rings. The van der Waals surface area contributed by atoms with Gasteiger partial charge in [-0.05, 0) is 50.2 Å². The van der Waals surface area contributed by atoms with E-state index < -0.39 is 0 Å². The van der Waals surface area contributed by atoms with Gasteiger partial charge in [0.2, 0.25) is 0 Å². The van der Waals surface area contributed by atoms with Crippen molar-refractivity contribution in [2.24, 2.45) is 0 Å². The van der Waals surface area contributed by atoms with E-state index in [1.807, 2.05) is 55.5 Å². The fourth-order valence-corrected chi connectivity index (χ4v) is 2.72. The molecular formula is C19H22N2O2. The largest absolute Gasteiger partial charge is 0.375 e. The Kier molecular flexibility index (Phi) is 4.63. The first-order valence-electron chi connectivity index (χ1n) is 7.96. The minimum atomic E-state index is -0.0854. The van der Waals surface area contributed by atoms with Crippen LogP contribution in [0.25, 0.3) is 0 Å². The average molecular weight is 310 g/mol. The van der Waals surface area contributed by atoms with Crippen LogP contribution in [0.3, 0.4) is 0 Å². The van der Waals surface area contributed by atoms with Crippen molar-refractivity contribution in [3.63, 3.8) is 0 Å². The van der Waals surface area contributed by atoms with Crippen LogP contribution in [-0.2, 0) is 4.74 Å². The predicted molar refractivity (Wildman–Crippen MR) is 93.2 cm³/mol. The molecule has 1 atom stereocenters. The van der Waals surface area contributed by atoms with E-state index in [0.29, 0.717) is 5.56 Å². The summed E-state index contributed by atoms with van der Waals surface area (Å²) in [6.45, 7) is 6.65. The van der Waals surface area contributed by atoms with Crippen molar-refractivity contribution in [3.05, 3.63) is 59.7 Å². The number of carbonyl (C=O) groups is 1. The Morgan fingerprint density at radius 1 is 1.13 bits per heavy atom. The third kappa shape index (κ3) is 3.90. The molecular weight excluding hydrogens is 288 g/mol. The van der Waals surface area contributed by atoms with Gasteiger partial charge in [0.15, 0.2) is 0 Å². The SMILES string of the molecule is Cc1ccc(C(=O)Nc2ccc(N3CCOC(C)C3)cc2)cc1. The molecule has 0 aliphatic carbocycles. The molecule has 1 amide bonds. The Bertz CT molecular complexity index is 665. The number of anilines is 2. The van der Waals surface area contributed by atoms with Crippen LogP contribution in [0.2, 0.25) is 0 Å². The fraction of sp³-hybridized carbons (Fsp3) is 0.316. The molecule has 0 saturated carbocycles. The van der Waals surface area contributed by atoms with Gasteiger partial charge < -0.3 is 15.0 Å². The van der Waals surface area contributed by atoms with Crippen molar-refractivity contribution in [3.8, 4) is 0 Å². The zero-order valence-corrected chi connectivity index (χ0v) is 13.6. The number of benzene rings is 2. The number of amides is 1. The molecule has 3 rings (SSSR count). The topological polar surface area (TPSA) is 41.6 Å². The van der Waals surface area contributed by atoms with E-state index in [1.54, 1.807) is 0 Å². The molecule has 1 heterocycles. The van der Waals surface area contributed by atoms with Crippen LogP contribution in [0, 0.1) is 6.92 Å². The van der Waals surface area contributed by atoms with Crippen molar-refractivity contribution < 1.29 is 9.53 Å². The molecule has 1 unspecified atom stereocenters. The van der Waals surface area contributed by atoms with Gasteiger partial charge in [0, 0.05) is 30.0 Å². The summed E-state index contributed by atoms with van der Waals surface area (Å²) >= 11 is 0. The van der Waals surface area contributed by atoms with Crippen molar-refractivity contribution >= 4 is 17.3 Å². The van der Waals surface area contributed by atoms with Crippen molar-refractivity contribution in [1.29, 1.82) is 0 Å². The smallest absolute Gasteiger partial charge is 0.255 e. The van der Waals surface area contributed by atoms with Crippen molar-refractivity contribution in [2.45, 2.75) is 20.0 Å². The lowest BCUT2D eigenvalue weighted by molar-refractivity contribution is 0.0532. The van der Waals surface area contributed by atoms with Crippen LogP contribution in [0.5, 0.6) is 0 Å². The number of carbonyl (C=O) groups excluding carboxylic acids is 1. The van der Waals surface area contributed by atoms with Crippen LogP contribution in [0.15, 0.2) is 48.5 Å². The maximum atomic E-state index is 12.2. The number of morpholine rings is 1. The number of hydrogen-bond acceptors (Lipinski definition) is 3. The number of rotatable bonds is 3. The molecule has 1 saturated heterocycles. The summed E-state index contributed by atoms with van der Waals surface area (Å²) in [5, 5.41) is 2.93. The first-order chi connectivity index (χ1) is 11.1. The minimum absolute atomic E-state index is 0.0854. The highest BCUT2D eigenvalue weighted by Gasteiger charge is 2.16. The zero-order valence-electron chi connectivity index (χ0n) is 13.6. The molecule has 4 heteroatoms. The molecule has 1 N–H and O–H groups in total. The predicted octanol–water partition coefficient (Wildman–Crippen LogP) is 3.47. The standard InChI is InChI=1S/C19H22N2O2/c1-14-3-5-16(6-4-14)19(22)20-17-7-9-18(10-8-17)21-11-12-23-15(2)13-21/h3-10,15H,11-13H2,1-2H3,(H,20,22). The summed E-state index contributed by atoms with van der Waals surface area (Å²) in [7, 11) is 0. The lowest BCUT2D eigenvalue weighted by Crippen LogP contribution is -2.41. The van der Waals surface area contributed by atoms with Crippen LogP contribution in [-0.4, -0.2) is 31.7 Å². The van der Waals surface area contributed by atoms with E-state index in [1.165, 1.54) is 0 Å². The Hall–Kier alpha value is -2.33. The summed E-state index contributed by atoms with van der Waals surface area (Å²) in [5.74, 6) is -0.0854. The molecule has 0 spiro atoms. The molecule has 4 nitrogen and oxygen atoms in total. The van der Waals surface area contributed by atoms with Gasteiger partial charge >= 0.3 is 0 Å². The summed E-state index contributed by atoms with van der Waals surface area (Å²) in [6, 6.07) is 15.5. The van der Waals surface area contributed by atoms with Crippen molar-refractivity contribution in [2.75, 3.05) is 29.9 Å². The molecule has 120 valence electrons. The first-order valence-corrected chi connectivity index (χ1v) is 7.96. The summed E-state index contributed by atoms with van der Waals surface area (Å²) in [4.78, 5) is 14.5. The Morgan fingerprint density at radius 2 is 1.83 bits per heavy atom. The molecule has 1 aliphatic heterocycles. The monoisotopic (exact) mass is 310 g/mol.